The molecule has 0 heterocycles. The van der Waals surface area contributed by atoms with Gasteiger partial charge in [0, 0.05) is 19.0 Å². The number of carbonyl (C=O) groups is 2. The maximum absolute atomic E-state index is 14.5. The Kier molecular flexibility index (Phi) is 11.2. The number of aryl methyl sites for hydroxylation is 3. The third kappa shape index (κ3) is 8.60. The fourth-order valence-corrected chi connectivity index (χ4v) is 6.43. The summed E-state index contributed by atoms with van der Waals surface area (Å²) in [5, 5.41) is 3.07. The quantitative estimate of drug-likeness (QED) is 0.187. The highest BCUT2D eigenvalue weighted by Crippen LogP contribution is 2.27. The van der Waals surface area contributed by atoms with Crippen LogP contribution < -0.4 is 9.62 Å². The highest BCUT2D eigenvalue weighted by Gasteiger charge is 2.35. The number of amides is 2. The van der Waals surface area contributed by atoms with E-state index in [1.165, 1.54) is 4.90 Å². The minimum absolute atomic E-state index is 0.0871. The molecule has 4 rings (SSSR count). The van der Waals surface area contributed by atoms with E-state index in [1.54, 1.807) is 36.4 Å². The largest absolute Gasteiger partial charge is 0.352 e. The molecule has 0 saturated carbocycles. The Labute approximate surface area is 268 Å². The first-order valence-corrected chi connectivity index (χ1v) is 16.8. The molecule has 0 spiro atoms. The predicted octanol–water partition coefficient (Wildman–Crippen LogP) is 6.36. The Morgan fingerprint density at radius 1 is 0.778 bits per heavy atom. The van der Waals surface area contributed by atoms with Crippen molar-refractivity contribution in [2.75, 3.05) is 10.8 Å². The molecule has 0 fully saturated rings. The van der Waals surface area contributed by atoms with Crippen LogP contribution in [0.3, 0.4) is 0 Å². The van der Waals surface area contributed by atoms with E-state index in [2.05, 4.69) is 5.32 Å². The average molecular weight is 626 g/mol. The number of nitrogens with zero attached hydrogens (tertiary/aromatic N) is 2. The molecule has 7 nitrogen and oxygen atoms in total. The van der Waals surface area contributed by atoms with Gasteiger partial charge < -0.3 is 10.2 Å². The zero-order valence-electron chi connectivity index (χ0n) is 26.7. The number of sulfonamides is 1. The predicted molar refractivity (Wildman–Crippen MR) is 180 cm³/mol. The van der Waals surface area contributed by atoms with E-state index >= 15 is 0 Å². The number of hydrogen-bond donors (Lipinski definition) is 1. The van der Waals surface area contributed by atoms with Gasteiger partial charge in [-0.25, -0.2) is 8.42 Å². The van der Waals surface area contributed by atoms with Gasteiger partial charge >= 0.3 is 0 Å². The summed E-state index contributed by atoms with van der Waals surface area (Å²) in [6.45, 7) is 9.32. The van der Waals surface area contributed by atoms with E-state index in [1.807, 2.05) is 101 Å². The number of nitrogens with one attached hydrogen (secondary N) is 1. The van der Waals surface area contributed by atoms with Crippen LogP contribution in [-0.2, 0) is 32.6 Å². The van der Waals surface area contributed by atoms with Crippen molar-refractivity contribution >= 4 is 27.5 Å². The third-order valence-electron chi connectivity index (χ3n) is 8.13. The first-order chi connectivity index (χ1) is 21.5. The lowest BCUT2D eigenvalue weighted by Crippen LogP contribution is -2.54. The second-order valence-corrected chi connectivity index (χ2v) is 13.5. The number of benzene rings is 4. The van der Waals surface area contributed by atoms with Crippen molar-refractivity contribution in [2.24, 2.45) is 0 Å². The normalized spacial score (nSPS) is 12.6. The maximum atomic E-state index is 14.5. The zero-order chi connectivity index (χ0) is 32.6. The molecule has 1 N–H and O–H groups in total. The molecule has 0 aliphatic heterocycles. The van der Waals surface area contributed by atoms with Crippen LogP contribution in [0.4, 0.5) is 5.69 Å². The van der Waals surface area contributed by atoms with Gasteiger partial charge in [-0.05, 0) is 80.6 Å². The minimum Gasteiger partial charge on any atom is -0.352 e. The van der Waals surface area contributed by atoms with Gasteiger partial charge in [-0.3, -0.25) is 13.9 Å². The van der Waals surface area contributed by atoms with Crippen LogP contribution in [0.1, 0.15) is 48.1 Å². The summed E-state index contributed by atoms with van der Waals surface area (Å²) in [6, 6.07) is 30.0. The van der Waals surface area contributed by atoms with Crippen molar-refractivity contribution in [3.63, 3.8) is 0 Å². The van der Waals surface area contributed by atoms with E-state index in [4.69, 9.17) is 0 Å². The molecule has 4 aromatic carbocycles. The summed E-state index contributed by atoms with van der Waals surface area (Å²) < 4.78 is 29.6. The second-order valence-electron chi connectivity index (χ2n) is 11.6. The number of carbonyl (C=O) groups excluding carboxylic acids is 2. The molecule has 2 amide bonds. The summed E-state index contributed by atoms with van der Waals surface area (Å²) in [5.41, 5.74) is 4.95. The molecule has 2 atom stereocenters. The molecule has 0 bridgehead atoms. The van der Waals surface area contributed by atoms with Gasteiger partial charge in [0.05, 0.1) is 10.6 Å². The summed E-state index contributed by atoms with van der Waals surface area (Å²) in [5.74, 6) is -0.760. The van der Waals surface area contributed by atoms with Gasteiger partial charge in [-0.1, -0.05) is 91.3 Å². The van der Waals surface area contributed by atoms with Gasteiger partial charge in [0.25, 0.3) is 10.0 Å². The van der Waals surface area contributed by atoms with Gasteiger partial charge in [0.2, 0.25) is 11.8 Å². The maximum Gasteiger partial charge on any atom is 0.264 e. The Morgan fingerprint density at radius 3 is 1.96 bits per heavy atom. The van der Waals surface area contributed by atoms with Crippen LogP contribution in [0.5, 0.6) is 0 Å². The highest BCUT2D eigenvalue weighted by molar-refractivity contribution is 7.92. The summed E-state index contributed by atoms with van der Waals surface area (Å²) in [4.78, 5) is 30.1. The monoisotopic (exact) mass is 625 g/mol. The SMILES string of the molecule is CC[C@@H](C)NC(=O)[C@@H](Cc1ccccc1)N(Cc1ccccc1)C(=O)CN(c1ccc(C)c(C)c1)S(=O)(=O)c1ccc(C)cc1. The molecule has 8 heteroatoms. The van der Waals surface area contributed by atoms with Crippen LogP contribution in [-0.4, -0.2) is 43.8 Å². The lowest BCUT2D eigenvalue weighted by atomic mass is 10.0. The van der Waals surface area contributed by atoms with Gasteiger partial charge in [0.1, 0.15) is 12.6 Å². The average Bonchev–Trinajstić information content (AvgIpc) is 3.03. The van der Waals surface area contributed by atoms with Crippen molar-refractivity contribution in [3.05, 3.63) is 131 Å². The lowest BCUT2D eigenvalue weighted by Gasteiger charge is -2.34. The van der Waals surface area contributed by atoms with E-state index in [9.17, 15) is 18.0 Å². The van der Waals surface area contributed by atoms with E-state index in [0.29, 0.717) is 5.69 Å². The molecule has 0 aromatic heterocycles. The first-order valence-electron chi connectivity index (χ1n) is 15.3. The molecule has 45 heavy (non-hydrogen) atoms. The number of anilines is 1. The van der Waals surface area contributed by atoms with Crippen LogP contribution >= 0.6 is 0 Å². The van der Waals surface area contributed by atoms with Crippen molar-refractivity contribution in [1.82, 2.24) is 10.2 Å². The molecular weight excluding hydrogens is 582 g/mol. The summed E-state index contributed by atoms with van der Waals surface area (Å²) in [6.07, 6.45) is 1.00. The topological polar surface area (TPSA) is 86.8 Å². The minimum atomic E-state index is -4.14. The molecule has 0 unspecified atom stereocenters. The zero-order valence-corrected chi connectivity index (χ0v) is 27.6. The van der Waals surface area contributed by atoms with Crippen molar-refractivity contribution in [1.29, 1.82) is 0 Å². The van der Waals surface area contributed by atoms with Crippen LogP contribution in [0.15, 0.2) is 108 Å². The molecular formula is C37H43N3O4S. The molecule has 0 saturated heterocycles. The summed E-state index contributed by atoms with van der Waals surface area (Å²) in [7, 11) is -4.14. The molecule has 0 aliphatic carbocycles. The number of hydrogen-bond acceptors (Lipinski definition) is 4. The smallest absolute Gasteiger partial charge is 0.264 e. The van der Waals surface area contributed by atoms with E-state index < -0.39 is 28.5 Å². The van der Waals surface area contributed by atoms with E-state index in [0.717, 1.165) is 38.5 Å². The standard InChI is InChI=1S/C37H43N3O4S/c1-6-30(5)38-37(42)35(24-31-13-9-7-10-14-31)39(25-32-15-11-8-12-16-32)36(41)26-40(33-20-19-28(3)29(4)23-33)45(43,44)34-21-17-27(2)18-22-34/h7-23,30,35H,6,24-26H2,1-5H3,(H,38,42)/t30-,35-/m1/s1. The second kappa shape index (κ2) is 15.0. The number of rotatable bonds is 13. The highest BCUT2D eigenvalue weighted by atomic mass is 32.2. The van der Waals surface area contributed by atoms with Crippen molar-refractivity contribution in [3.8, 4) is 0 Å². The van der Waals surface area contributed by atoms with E-state index in [-0.39, 0.29) is 29.8 Å². The Morgan fingerprint density at radius 2 is 1.38 bits per heavy atom. The van der Waals surface area contributed by atoms with Crippen LogP contribution in [0.2, 0.25) is 0 Å². The van der Waals surface area contributed by atoms with Crippen LogP contribution in [0, 0.1) is 20.8 Å². The molecule has 0 radical (unpaired) electrons. The molecule has 236 valence electrons. The van der Waals surface area contributed by atoms with Crippen molar-refractivity contribution in [2.45, 2.75) is 71.0 Å². The Hall–Kier alpha value is -4.43. The summed E-state index contributed by atoms with van der Waals surface area (Å²) >= 11 is 0. The van der Waals surface area contributed by atoms with Gasteiger partial charge in [-0.2, -0.15) is 0 Å². The molecule has 0 aliphatic rings. The Bertz CT molecular complexity index is 1690. The Balaban J connectivity index is 1.81. The lowest BCUT2D eigenvalue weighted by molar-refractivity contribution is -0.140. The fourth-order valence-electron chi connectivity index (χ4n) is 5.02. The van der Waals surface area contributed by atoms with Crippen molar-refractivity contribution < 1.29 is 18.0 Å². The molecule has 4 aromatic rings. The van der Waals surface area contributed by atoms with Gasteiger partial charge in [-0.15, -0.1) is 0 Å². The first kappa shape index (κ1) is 33.5. The van der Waals surface area contributed by atoms with Gasteiger partial charge in [0.15, 0.2) is 0 Å². The fraction of sp³-hybridized carbons (Fsp3) is 0.297. The van der Waals surface area contributed by atoms with Crippen LogP contribution in [0.25, 0.3) is 0 Å². The third-order valence-corrected chi connectivity index (χ3v) is 9.92.